The molecular formula is C33H45N5O9S. The van der Waals surface area contributed by atoms with Crippen LogP contribution in [0.1, 0.15) is 76.7 Å². The predicted molar refractivity (Wildman–Crippen MR) is 175 cm³/mol. The molecule has 2 heterocycles. The Morgan fingerprint density at radius 1 is 1.15 bits per heavy atom. The number of nitrogens with one attached hydrogen (secondary N) is 4. The molecule has 48 heavy (non-hydrogen) atoms. The lowest BCUT2D eigenvalue weighted by molar-refractivity contribution is -0.141. The Morgan fingerprint density at radius 3 is 2.65 bits per heavy atom. The summed E-state index contributed by atoms with van der Waals surface area (Å²) in [5.41, 5.74) is -0.0177. The van der Waals surface area contributed by atoms with Gasteiger partial charge in [0.25, 0.3) is 5.91 Å². The zero-order chi connectivity index (χ0) is 34.5. The van der Waals surface area contributed by atoms with Crippen molar-refractivity contribution in [2.24, 2.45) is 5.92 Å². The second-order valence-electron chi connectivity index (χ2n) is 13.1. The number of hydrogen-bond acceptors (Lipinski definition) is 9. The molecule has 0 aromatic heterocycles. The molecule has 0 radical (unpaired) electrons. The summed E-state index contributed by atoms with van der Waals surface area (Å²) in [5.74, 6) is -2.68. The second-order valence-corrected chi connectivity index (χ2v) is 15.0. The largest absolute Gasteiger partial charge is 0.450 e. The summed E-state index contributed by atoms with van der Waals surface area (Å²) in [4.78, 5) is 68.3. The van der Waals surface area contributed by atoms with Gasteiger partial charge in [-0.1, -0.05) is 38.0 Å². The van der Waals surface area contributed by atoms with Crippen LogP contribution >= 0.6 is 0 Å². The molecule has 2 saturated carbocycles. The van der Waals surface area contributed by atoms with E-state index in [4.69, 9.17) is 9.47 Å². The molecule has 262 valence electrons. The minimum Gasteiger partial charge on any atom is -0.450 e. The highest BCUT2D eigenvalue weighted by Gasteiger charge is 2.62. The van der Waals surface area contributed by atoms with E-state index in [-0.39, 0.29) is 32.4 Å². The SMILES string of the molecule is C=C[C@H]1C[C@@]1(NC(=O)[C@@H]1C[C@@H]2CN1C(=O)[C@H](CCCC)NC(=O)OCCCCCc1cccc(c1)NC(=O)O2)C(=O)NS(=O)(=O)C1CC1. The Bertz CT molecular complexity index is 1530. The summed E-state index contributed by atoms with van der Waals surface area (Å²) in [6.07, 6.45) is 4.66. The van der Waals surface area contributed by atoms with Crippen molar-refractivity contribution in [1.29, 1.82) is 0 Å². The number of benzene rings is 1. The van der Waals surface area contributed by atoms with E-state index >= 15 is 0 Å². The van der Waals surface area contributed by atoms with Crippen LogP contribution in [0.3, 0.4) is 0 Å². The number of carbonyl (C=O) groups is 5. The van der Waals surface area contributed by atoms with Gasteiger partial charge in [0.15, 0.2) is 0 Å². The van der Waals surface area contributed by atoms with Gasteiger partial charge in [-0.25, -0.2) is 18.0 Å². The average Bonchev–Trinajstić information content (AvgIpc) is 3.97. The molecule has 4 aliphatic rings. The first-order chi connectivity index (χ1) is 23.0. The topological polar surface area (TPSA) is 189 Å². The van der Waals surface area contributed by atoms with Crippen molar-refractivity contribution in [3.63, 3.8) is 0 Å². The lowest BCUT2D eigenvalue weighted by atomic mass is 10.1. The summed E-state index contributed by atoms with van der Waals surface area (Å²) in [7, 11) is -3.89. The minimum atomic E-state index is -3.89. The standard InChI is InChI=1S/C33H45N5O9S/c1-3-5-13-26-29(40)38-20-24(47-32(43)34-23-12-9-11-21(17-23)10-7-6-8-16-46-31(42)35-26)18-27(38)28(39)36-33(19-22(33)4-2)30(41)37-48(44,45)25-14-15-25/h4,9,11-12,17,22,24-27H,2-3,5-8,10,13-16,18-20H2,1H3,(H,34,43)(H,35,42)(H,36,39)(H,37,41)/t22-,24+,26-,27-,33-/m0/s1. The van der Waals surface area contributed by atoms with E-state index in [0.717, 1.165) is 31.2 Å². The second kappa shape index (κ2) is 15.0. The van der Waals surface area contributed by atoms with Gasteiger partial charge >= 0.3 is 12.2 Å². The Labute approximate surface area is 280 Å². The van der Waals surface area contributed by atoms with E-state index in [1.54, 1.807) is 6.07 Å². The molecule has 14 nitrogen and oxygen atoms in total. The van der Waals surface area contributed by atoms with E-state index in [2.05, 4.69) is 27.3 Å². The van der Waals surface area contributed by atoms with Crippen molar-refractivity contribution in [2.45, 2.75) is 107 Å². The van der Waals surface area contributed by atoms with Crippen LogP contribution in [0.15, 0.2) is 36.9 Å². The number of amides is 5. The van der Waals surface area contributed by atoms with Crippen molar-refractivity contribution in [1.82, 2.24) is 20.3 Å². The highest BCUT2D eigenvalue weighted by Crippen LogP contribution is 2.45. The van der Waals surface area contributed by atoms with E-state index in [1.165, 1.54) is 11.0 Å². The number of fused-ring (bicyclic) bond motifs is 4. The maximum atomic E-state index is 14.1. The number of carbonyl (C=O) groups excluding carboxylic acids is 5. The quantitative estimate of drug-likeness (QED) is 0.283. The maximum Gasteiger partial charge on any atom is 0.411 e. The van der Waals surface area contributed by atoms with Crippen LogP contribution in [-0.2, 0) is 40.3 Å². The molecule has 5 atom stereocenters. The fraction of sp³-hybridized carbons (Fsp3) is 0.606. The molecular weight excluding hydrogens is 642 g/mol. The fourth-order valence-corrected chi connectivity index (χ4v) is 7.68. The number of hydrogen-bond donors (Lipinski definition) is 4. The molecule has 0 spiro atoms. The number of rotatable bonds is 9. The van der Waals surface area contributed by atoms with Crippen molar-refractivity contribution in [3.05, 3.63) is 42.5 Å². The molecule has 2 aliphatic heterocycles. The molecule has 3 fully saturated rings. The number of nitrogens with zero attached hydrogens (tertiary/aromatic N) is 1. The van der Waals surface area contributed by atoms with Crippen LogP contribution in [0.5, 0.6) is 0 Å². The molecule has 1 aromatic carbocycles. The lowest BCUT2D eigenvalue weighted by Gasteiger charge is -2.29. The van der Waals surface area contributed by atoms with Crippen LogP contribution in [0.25, 0.3) is 0 Å². The number of alkyl carbamates (subject to hydrolysis) is 1. The van der Waals surface area contributed by atoms with Crippen LogP contribution in [0.2, 0.25) is 0 Å². The third kappa shape index (κ3) is 8.47. The Morgan fingerprint density at radius 2 is 1.94 bits per heavy atom. The third-order valence-corrected chi connectivity index (χ3v) is 11.1. The van der Waals surface area contributed by atoms with Gasteiger partial charge in [0.05, 0.1) is 18.4 Å². The molecule has 1 saturated heterocycles. The van der Waals surface area contributed by atoms with Crippen LogP contribution in [0, 0.1) is 5.92 Å². The first-order valence-corrected chi connectivity index (χ1v) is 18.3. The molecule has 5 amide bonds. The number of anilines is 1. The number of sulfonamides is 1. The van der Waals surface area contributed by atoms with Crippen LogP contribution in [-0.4, -0.2) is 85.4 Å². The summed E-state index contributed by atoms with van der Waals surface area (Å²) in [5, 5.41) is 7.45. The highest BCUT2D eigenvalue weighted by atomic mass is 32.2. The summed E-state index contributed by atoms with van der Waals surface area (Å²) in [6.45, 7) is 5.69. The van der Waals surface area contributed by atoms with E-state index in [9.17, 15) is 32.4 Å². The van der Waals surface area contributed by atoms with Gasteiger partial charge < -0.3 is 25.0 Å². The van der Waals surface area contributed by atoms with Gasteiger partial charge in [0.1, 0.15) is 23.7 Å². The molecule has 4 bridgehead atoms. The normalized spacial score (nSPS) is 28.3. The van der Waals surface area contributed by atoms with Gasteiger partial charge in [-0.2, -0.15) is 0 Å². The fourth-order valence-electron chi connectivity index (χ4n) is 6.32. The summed E-state index contributed by atoms with van der Waals surface area (Å²) < 4.78 is 38.3. The zero-order valence-electron chi connectivity index (χ0n) is 27.2. The Balaban J connectivity index is 1.38. The highest BCUT2D eigenvalue weighted by molar-refractivity contribution is 7.91. The zero-order valence-corrected chi connectivity index (χ0v) is 28.0. The average molecular weight is 688 g/mol. The van der Waals surface area contributed by atoms with Gasteiger partial charge in [0.2, 0.25) is 21.8 Å². The van der Waals surface area contributed by atoms with Crippen molar-refractivity contribution in [2.75, 3.05) is 18.5 Å². The van der Waals surface area contributed by atoms with E-state index in [0.29, 0.717) is 31.4 Å². The van der Waals surface area contributed by atoms with Crippen molar-refractivity contribution >= 4 is 45.6 Å². The predicted octanol–water partition coefficient (Wildman–Crippen LogP) is 2.89. The molecule has 5 rings (SSSR count). The lowest BCUT2D eigenvalue weighted by Crippen LogP contribution is -2.58. The first kappa shape index (κ1) is 35.2. The molecule has 15 heteroatoms. The molecule has 0 unspecified atom stereocenters. The van der Waals surface area contributed by atoms with Crippen LogP contribution < -0.4 is 20.7 Å². The van der Waals surface area contributed by atoms with E-state index < -0.39 is 74.8 Å². The maximum absolute atomic E-state index is 14.1. The van der Waals surface area contributed by atoms with Gasteiger partial charge in [-0.05, 0) is 69.1 Å². The number of ether oxygens (including phenoxy) is 2. The Hall–Kier alpha value is -4.14. The van der Waals surface area contributed by atoms with Crippen molar-refractivity contribution < 1.29 is 41.9 Å². The number of aryl methyl sites for hydroxylation is 1. The molecule has 1 aromatic rings. The van der Waals surface area contributed by atoms with Gasteiger partial charge in [0, 0.05) is 18.0 Å². The number of cyclic esters (lactones) is 1. The molecule has 4 N–H and O–H groups in total. The van der Waals surface area contributed by atoms with Gasteiger partial charge in [-0.15, -0.1) is 6.58 Å². The number of unbranched alkanes of at least 4 members (excludes halogenated alkanes) is 1. The molecule has 2 aliphatic carbocycles. The van der Waals surface area contributed by atoms with Crippen LogP contribution in [0.4, 0.5) is 15.3 Å². The van der Waals surface area contributed by atoms with Gasteiger partial charge in [-0.3, -0.25) is 24.4 Å². The van der Waals surface area contributed by atoms with Crippen molar-refractivity contribution in [3.8, 4) is 0 Å². The smallest absolute Gasteiger partial charge is 0.411 e. The summed E-state index contributed by atoms with van der Waals surface area (Å²) in [6, 6.07) is 5.14. The third-order valence-electron chi connectivity index (χ3n) is 9.32. The van der Waals surface area contributed by atoms with E-state index in [1.807, 2.05) is 25.1 Å². The Kier molecular flexibility index (Phi) is 11.0. The summed E-state index contributed by atoms with van der Waals surface area (Å²) >= 11 is 0. The minimum absolute atomic E-state index is 0.0905. The first-order valence-electron chi connectivity index (χ1n) is 16.8. The monoisotopic (exact) mass is 687 g/mol.